The second kappa shape index (κ2) is 5.09. The maximum atomic E-state index is 13.2. The van der Waals surface area contributed by atoms with Crippen molar-refractivity contribution in [3.63, 3.8) is 0 Å². The lowest BCUT2D eigenvalue weighted by Crippen LogP contribution is -2.47. The molecule has 106 valence electrons. The van der Waals surface area contributed by atoms with Gasteiger partial charge in [0.1, 0.15) is 5.82 Å². The SMILES string of the molecule is COC(=O)C1CN(c2nc3ccc(F)cc3[nH]2)CCO1. The van der Waals surface area contributed by atoms with Gasteiger partial charge in [-0.25, -0.2) is 14.2 Å². The molecule has 1 aliphatic rings. The van der Waals surface area contributed by atoms with Crippen LogP contribution < -0.4 is 4.90 Å². The lowest BCUT2D eigenvalue weighted by Gasteiger charge is -2.31. The number of carbonyl (C=O) groups is 1. The van der Waals surface area contributed by atoms with Crippen LogP contribution in [0.4, 0.5) is 10.3 Å². The lowest BCUT2D eigenvalue weighted by molar-refractivity contribution is -0.154. The van der Waals surface area contributed by atoms with Gasteiger partial charge in [0.2, 0.25) is 5.95 Å². The Labute approximate surface area is 114 Å². The fourth-order valence-electron chi connectivity index (χ4n) is 2.23. The highest BCUT2D eigenvalue weighted by atomic mass is 19.1. The molecule has 1 aromatic carbocycles. The molecule has 0 bridgehead atoms. The Morgan fingerprint density at radius 3 is 3.25 bits per heavy atom. The highest BCUT2D eigenvalue weighted by Crippen LogP contribution is 2.20. The van der Waals surface area contributed by atoms with E-state index in [1.54, 1.807) is 6.07 Å². The number of aromatic amines is 1. The molecule has 6 nitrogen and oxygen atoms in total. The van der Waals surface area contributed by atoms with Crippen LogP contribution in [0, 0.1) is 5.82 Å². The zero-order chi connectivity index (χ0) is 14.1. The number of hydrogen-bond donors (Lipinski definition) is 1. The summed E-state index contributed by atoms with van der Waals surface area (Å²) in [4.78, 5) is 20.8. The molecule has 7 heteroatoms. The first-order valence-electron chi connectivity index (χ1n) is 6.27. The van der Waals surface area contributed by atoms with E-state index in [2.05, 4.69) is 14.7 Å². The number of H-pyrrole nitrogens is 1. The van der Waals surface area contributed by atoms with Gasteiger partial charge in [-0.2, -0.15) is 0 Å². The third kappa shape index (κ3) is 2.32. The first kappa shape index (κ1) is 12.9. The quantitative estimate of drug-likeness (QED) is 0.833. The summed E-state index contributed by atoms with van der Waals surface area (Å²) in [7, 11) is 1.33. The topological polar surface area (TPSA) is 67.5 Å². The number of morpholine rings is 1. The molecular weight excluding hydrogens is 265 g/mol. The summed E-state index contributed by atoms with van der Waals surface area (Å²) in [6, 6.07) is 4.37. The Morgan fingerprint density at radius 1 is 1.60 bits per heavy atom. The Kier molecular flexibility index (Phi) is 3.27. The van der Waals surface area contributed by atoms with Crippen LogP contribution in [-0.2, 0) is 14.3 Å². The van der Waals surface area contributed by atoms with E-state index in [4.69, 9.17) is 4.74 Å². The highest BCUT2D eigenvalue weighted by Gasteiger charge is 2.28. The van der Waals surface area contributed by atoms with Crippen molar-refractivity contribution in [3.05, 3.63) is 24.0 Å². The summed E-state index contributed by atoms with van der Waals surface area (Å²) in [5.74, 6) is -0.123. The van der Waals surface area contributed by atoms with E-state index in [9.17, 15) is 9.18 Å². The van der Waals surface area contributed by atoms with Gasteiger partial charge in [0.15, 0.2) is 6.10 Å². The smallest absolute Gasteiger partial charge is 0.336 e. The number of halogens is 1. The monoisotopic (exact) mass is 279 g/mol. The summed E-state index contributed by atoms with van der Waals surface area (Å²) in [6.45, 7) is 1.37. The molecule has 1 aromatic heterocycles. The maximum absolute atomic E-state index is 13.2. The van der Waals surface area contributed by atoms with E-state index in [-0.39, 0.29) is 5.82 Å². The molecule has 0 saturated carbocycles. The van der Waals surface area contributed by atoms with Gasteiger partial charge in [-0.1, -0.05) is 0 Å². The van der Waals surface area contributed by atoms with Crippen molar-refractivity contribution in [2.45, 2.75) is 6.10 Å². The number of anilines is 1. The molecule has 0 radical (unpaired) electrons. The molecule has 3 rings (SSSR count). The third-order valence-corrected chi connectivity index (χ3v) is 3.26. The Hall–Kier alpha value is -2.15. The number of hydrogen-bond acceptors (Lipinski definition) is 5. The number of rotatable bonds is 2. The number of nitrogens with one attached hydrogen (secondary N) is 1. The normalized spacial score (nSPS) is 19.3. The van der Waals surface area contributed by atoms with Crippen LogP contribution in [0.25, 0.3) is 11.0 Å². The Balaban J connectivity index is 1.84. The number of carbonyl (C=O) groups excluding carboxylic acids is 1. The van der Waals surface area contributed by atoms with Gasteiger partial charge in [-0.05, 0) is 18.2 Å². The van der Waals surface area contributed by atoms with E-state index in [1.165, 1.54) is 19.2 Å². The molecule has 1 unspecified atom stereocenters. The predicted octanol–water partition coefficient (Wildman–Crippen LogP) is 1.08. The fraction of sp³-hybridized carbons (Fsp3) is 0.385. The van der Waals surface area contributed by atoms with Crippen molar-refractivity contribution in [2.75, 3.05) is 31.7 Å². The van der Waals surface area contributed by atoms with Crippen molar-refractivity contribution >= 4 is 23.0 Å². The minimum atomic E-state index is -0.626. The zero-order valence-electron chi connectivity index (χ0n) is 10.9. The largest absolute Gasteiger partial charge is 0.467 e. The van der Waals surface area contributed by atoms with Crippen LogP contribution in [0.5, 0.6) is 0 Å². The predicted molar refractivity (Wildman–Crippen MR) is 70.0 cm³/mol. The lowest BCUT2D eigenvalue weighted by atomic mass is 10.3. The molecule has 0 aliphatic carbocycles. The van der Waals surface area contributed by atoms with Crippen molar-refractivity contribution in [3.8, 4) is 0 Å². The number of imidazole rings is 1. The Morgan fingerprint density at radius 2 is 2.45 bits per heavy atom. The molecule has 1 fully saturated rings. The second-order valence-corrected chi connectivity index (χ2v) is 4.55. The Bertz CT molecular complexity index is 643. The first-order chi connectivity index (χ1) is 9.67. The summed E-state index contributed by atoms with van der Waals surface area (Å²) in [6.07, 6.45) is -0.626. The molecule has 1 saturated heterocycles. The van der Waals surface area contributed by atoms with E-state index < -0.39 is 12.1 Å². The second-order valence-electron chi connectivity index (χ2n) is 4.55. The van der Waals surface area contributed by atoms with Gasteiger partial charge >= 0.3 is 5.97 Å². The molecular formula is C13H14FN3O3. The van der Waals surface area contributed by atoms with Gasteiger partial charge in [0, 0.05) is 6.54 Å². The average Bonchev–Trinajstić information content (AvgIpc) is 2.89. The van der Waals surface area contributed by atoms with Crippen LogP contribution in [-0.4, -0.2) is 48.8 Å². The molecule has 2 aromatic rings. The third-order valence-electron chi connectivity index (χ3n) is 3.26. The molecule has 1 atom stereocenters. The number of fused-ring (bicyclic) bond motifs is 1. The van der Waals surface area contributed by atoms with E-state index in [1.807, 2.05) is 4.90 Å². The molecule has 0 amide bonds. The zero-order valence-corrected chi connectivity index (χ0v) is 10.9. The summed E-state index contributed by atoms with van der Waals surface area (Å²) >= 11 is 0. The fourth-order valence-corrected chi connectivity index (χ4v) is 2.23. The van der Waals surface area contributed by atoms with Crippen molar-refractivity contribution in [1.29, 1.82) is 0 Å². The molecule has 1 N–H and O–H groups in total. The van der Waals surface area contributed by atoms with Gasteiger partial charge in [-0.15, -0.1) is 0 Å². The van der Waals surface area contributed by atoms with Crippen molar-refractivity contribution in [1.82, 2.24) is 9.97 Å². The van der Waals surface area contributed by atoms with E-state index in [0.29, 0.717) is 36.7 Å². The minimum Gasteiger partial charge on any atom is -0.467 e. The minimum absolute atomic E-state index is 0.317. The molecule has 0 spiro atoms. The first-order valence-corrected chi connectivity index (χ1v) is 6.27. The number of benzene rings is 1. The number of esters is 1. The van der Waals surface area contributed by atoms with Crippen LogP contribution in [0.2, 0.25) is 0 Å². The summed E-state index contributed by atoms with van der Waals surface area (Å²) in [5.41, 5.74) is 1.31. The van der Waals surface area contributed by atoms with Crippen molar-refractivity contribution in [2.24, 2.45) is 0 Å². The molecule has 2 heterocycles. The van der Waals surface area contributed by atoms with Crippen LogP contribution >= 0.6 is 0 Å². The van der Waals surface area contributed by atoms with Crippen LogP contribution in [0.15, 0.2) is 18.2 Å². The van der Waals surface area contributed by atoms with E-state index in [0.717, 1.165) is 0 Å². The maximum Gasteiger partial charge on any atom is 0.336 e. The number of aromatic nitrogens is 2. The van der Waals surface area contributed by atoms with Gasteiger partial charge in [0.05, 0.1) is 31.3 Å². The summed E-state index contributed by atoms with van der Waals surface area (Å²) in [5, 5.41) is 0. The van der Waals surface area contributed by atoms with Crippen molar-refractivity contribution < 1.29 is 18.7 Å². The number of nitrogens with zero attached hydrogens (tertiary/aromatic N) is 2. The van der Waals surface area contributed by atoms with E-state index >= 15 is 0 Å². The summed E-state index contributed by atoms with van der Waals surface area (Å²) < 4.78 is 23.2. The standard InChI is InChI=1S/C13H14FN3O3/c1-19-12(18)11-7-17(4-5-20-11)13-15-9-3-2-8(14)6-10(9)16-13/h2-3,6,11H,4-5,7H2,1H3,(H,15,16). The van der Waals surface area contributed by atoms with Crippen LogP contribution in [0.3, 0.4) is 0 Å². The molecule has 20 heavy (non-hydrogen) atoms. The number of ether oxygens (including phenoxy) is 2. The highest BCUT2D eigenvalue weighted by molar-refractivity contribution is 5.78. The van der Waals surface area contributed by atoms with Gasteiger partial charge < -0.3 is 19.4 Å². The van der Waals surface area contributed by atoms with Gasteiger partial charge in [-0.3, -0.25) is 0 Å². The number of methoxy groups -OCH3 is 1. The van der Waals surface area contributed by atoms with Gasteiger partial charge in [0.25, 0.3) is 0 Å². The van der Waals surface area contributed by atoms with Crippen LogP contribution in [0.1, 0.15) is 0 Å². The average molecular weight is 279 g/mol. The molecule has 1 aliphatic heterocycles.